The third-order valence-electron chi connectivity index (χ3n) is 4.01. The molecule has 0 fully saturated rings. The number of hydrogen-bond acceptors (Lipinski definition) is 4. The smallest absolute Gasteiger partial charge is 0.292 e. The molecule has 0 saturated carbocycles. The highest BCUT2D eigenvalue weighted by Crippen LogP contribution is 2.33. The normalized spacial score (nSPS) is 11.0. The van der Waals surface area contributed by atoms with Crippen molar-refractivity contribution in [3.05, 3.63) is 66.1 Å². The van der Waals surface area contributed by atoms with Crippen LogP contribution < -0.4 is 10.5 Å². The number of benzene rings is 2. The van der Waals surface area contributed by atoms with Gasteiger partial charge in [-0.05, 0) is 30.2 Å². The minimum absolute atomic E-state index is 0.159. The number of nitrogens with one attached hydrogen (secondary N) is 1. The summed E-state index contributed by atoms with van der Waals surface area (Å²) in [7, 11) is 0. The maximum absolute atomic E-state index is 6.01. The van der Waals surface area contributed by atoms with Gasteiger partial charge in [0.05, 0.1) is 0 Å². The van der Waals surface area contributed by atoms with Crippen molar-refractivity contribution in [2.24, 2.45) is 0 Å². The Morgan fingerprint density at radius 1 is 1.21 bits per heavy atom. The molecule has 0 atom stereocenters. The molecule has 0 saturated heterocycles. The molecule has 2 aromatic heterocycles. The van der Waals surface area contributed by atoms with Gasteiger partial charge in [-0.1, -0.05) is 30.3 Å². The van der Waals surface area contributed by atoms with E-state index in [0.717, 1.165) is 33.3 Å². The average Bonchev–Trinajstić information content (AvgIpc) is 3.19. The Morgan fingerprint density at radius 3 is 2.79 bits per heavy atom. The second-order valence-electron chi connectivity index (χ2n) is 5.71. The van der Waals surface area contributed by atoms with Crippen molar-refractivity contribution in [2.75, 3.05) is 5.73 Å². The first-order chi connectivity index (χ1) is 11.7. The van der Waals surface area contributed by atoms with Crippen LogP contribution in [0.3, 0.4) is 0 Å². The molecule has 0 aliphatic carbocycles. The molecule has 0 aliphatic rings. The maximum Gasteiger partial charge on any atom is 0.292 e. The van der Waals surface area contributed by atoms with E-state index < -0.39 is 0 Å². The second-order valence-corrected chi connectivity index (χ2v) is 5.71. The van der Waals surface area contributed by atoms with E-state index >= 15 is 0 Å². The number of anilines is 1. The number of H-pyrrole nitrogens is 1. The van der Waals surface area contributed by atoms with E-state index in [1.807, 2.05) is 49.5 Å². The van der Waals surface area contributed by atoms with Crippen molar-refractivity contribution >= 4 is 16.9 Å². The molecule has 24 heavy (non-hydrogen) atoms. The molecule has 3 N–H and O–H groups in total. The van der Waals surface area contributed by atoms with Crippen molar-refractivity contribution in [3.8, 4) is 17.0 Å². The Labute approximate surface area is 139 Å². The first-order valence-electron chi connectivity index (χ1n) is 7.70. The van der Waals surface area contributed by atoms with Crippen LogP contribution >= 0.6 is 0 Å². The van der Waals surface area contributed by atoms with Gasteiger partial charge >= 0.3 is 0 Å². The van der Waals surface area contributed by atoms with E-state index in [2.05, 4.69) is 16.0 Å². The molecule has 0 unspecified atom stereocenters. The van der Waals surface area contributed by atoms with Crippen molar-refractivity contribution in [1.29, 1.82) is 0 Å². The number of hydrogen-bond donors (Lipinski definition) is 2. The molecule has 0 spiro atoms. The lowest BCUT2D eigenvalue weighted by molar-refractivity contribution is 0.304. The van der Waals surface area contributed by atoms with E-state index in [4.69, 9.17) is 14.9 Å². The summed E-state index contributed by atoms with van der Waals surface area (Å²) in [5.74, 6) is 0.851. The van der Waals surface area contributed by atoms with Gasteiger partial charge in [-0.25, -0.2) is 0 Å². The quantitative estimate of drug-likeness (QED) is 0.588. The number of fused-ring (bicyclic) bond motifs is 1. The molecule has 120 valence electrons. The molecule has 0 bridgehead atoms. The van der Waals surface area contributed by atoms with Crippen LogP contribution in [0.1, 0.15) is 11.1 Å². The molecular weight excluding hydrogens is 302 g/mol. The number of aromatic nitrogens is 2. The summed E-state index contributed by atoms with van der Waals surface area (Å²) in [6.45, 7) is 2.57. The molecule has 0 radical (unpaired) electrons. The molecule has 0 amide bonds. The number of rotatable bonds is 4. The van der Waals surface area contributed by atoms with E-state index in [-0.39, 0.29) is 6.01 Å². The second kappa shape index (κ2) is 5.77. The number of ether oxygens (including phenoxy) is 1. The Morgan fingerprint density at radius 2 is 2.04 bits per heavy atom. The third kappa shape index (κ3) is 2.60. The summed E-state index contributed by atoms with van der Waals surface area (Å²) in [5.41, 5.74) is 10.5. The molecule has 4 aromatic rings. The van der Waals surface area contributed by atoms with E-state index in [9.17, 15) is 0 Å². The fourth-order valence-corrected chi connectivity index (χ4v) is 2.77. The molecule has 5 nitrogen and oxygen atoms in total. The molecule has 5 heteroatoms. The van der Waals surface area contributed by atoms with Gasteiger partial charge in [-0.2, -0.15) is 4.98 Å². The summed E-state index contributed by atoms with van der Waals surface area (Å²) >= 11 is 0. The van der Waals surface area contributed by atoms with Crippen LogP contribution in [0, 0.1) is 6.92 Å². The highest BCUT2D eigenvalue weighted by atomic mass is 16.5. The van der Waals surface area contributed by atoms with Gasteiger partial charge in [0.1, 0.15) is 24.3 Å². The van der Waals surface area contributed by atoms with Crippen LogP contribution in [-0.2, 0) is 6.61 Å². The van der Waals surface area contributed by atoms with Gasteiger partial charge in [-0.3, -0.25) is 0 Å². The first-order valence-corrected chi connectivity index (χ1v) is 7.70. The Kier molecular flexibility index (Phi) is 3.46. The minimum Gasteiger partial charge on any atom is -0.489 e. The highest BCUT2D eigenvalue weighted by molar-refractivity contribution is 5.96. The van der Waals surface area contributed by atoms with Crippen LogP contribution in [0.4, 0.5) is 6.01 Å². The number of nitrogen functional groups attached to an aromatic ring is 1. The van der Waals surface area contributed by atoms with E-state index in [1.165, 1.54) is 0 Å². The number of aromatic amines is 1. The lowest BCUT2D eigenvalue weighted by atomic mass is 10.1. The Hall–Kier alpha value is -3.21. The summed E-state index contributed by atoms with van der Waals surface area (Å²) in [5, 5.41) is 1.02. The molecule has 4 rings (SSSR count). The number of nitrogens with two attached hydrogens (primary N) is 1. The number of oxazole rings is 1. The minimum atomic E-state index is 0.159. The monoisotopic (exact) mass is 319 g/mol. The van der Waals surface area contributed by atoms with Gasteiger partial charge in [0.25, 0.3) is 6.01 Å². The molecule has 2 aromatic carbocycles. The van der Waals surface area contributed by atoms with Crippen molar-refractivity contribution in [3.63, 3.8) is 0 Å². The van der Waals surface area contributed by atoms with E-state index in [1.54, 1.807) is 6.26 Å². The zero-order valence-electron chi connectivity index (χ0n) is 13.2. The van der Waals surface area contributed by atoms with Gasteiger partial charge in [0.15, 0.2) is 0 Å². The third-order valence-corrected chi connectivity index (χ3v) is 4.01. The van der Waals surface area contributed by atoms with Gasteiger partial charge in [0, 0.05) is 22.7 Å². The number of aryl methyl sites for hydroxylation is 1. The fraction of sp³-hybridized carbons (Fsp3) is 0.105. The van der Waals surface area contributed by atoms with Crippen LogP contribution in [-0.4, -0.2) is 9.97 Å². The molecular formula is C19H17N3O2. The largest absolute Gasteiger partial charge is 0.489 e. The Bertz CT molecular complexity index is 986. The summed E-state index contributed by atoms with van der Waals surface area (Å²) in [6, 6.07) is 14.4. The fourth-order valence-electron chi connectivity index (χ4n) is 2.77. The van der Waals surface area contributed by atoms with Crippen LogP contribution in [0.25, 0.3) is 22.2 Å². The van der Waals surface area contributed by atoms with Crippen LogP contribution in [0.2, 0.25) is 0 Å². The summed E-state index contributed by atoms with van der Waals surface area (Å²) in [4.78, 5) is 7.46. The summed E-state index contributed by atoms with van der Waals surface area (Å²) in [6.07, 6.45) is 3.46. The molecule has 0 aliphatic heterocycles. The lowest BCUT2D eigenvalue weighted by Gasteiger charge is -2.10. The van der Waals surface area contributed by atoms with Crippen molar-refractivity contribution in [1.82, 2.24) is 9.97 Å². The Balaban J connectivity index is 1.69. The highest BCUT2D eigenvalue weighted by Gasteiger charge is 2.13. The lowest BCUT2D eigenvalue weighted by Crippen LogP contribution is -1.96. The van der Waals surface area contributed by atoms with Crippen LogP contribution in [0.15, 0.2) is 59.3 Å². The van der Waals surface area contributed by atoms with Gasteiger partial charge < -0.3 is 19.9 Å². The predicted molar refractivity (Wildman–Crippen MR) is 93.7 cm³/mol. The summed E-state index contributed by atoms with van der Waals surface area (Å²) < 4.78 is 11.1. The number of nitrogens with zero attached hydrogens (tertiary/aromatic N) is 1. The van der Waals surface area contributed by atoms with Gasteiger partial charge in [-0.15, -0.1) is 0 Å². The van der Waals surface area contributed by atoms with Crippen molar-refractivity contribution in [2.45, 2.75) is 13.5 Å². The van der Waals surface area contributed by atoms with E-state index in [0.29, 0.717) is 12.3 Å². The topological polar surface area (TPSA) is 77.1 Å². The average molecular weight is 319 g/mol. The SMILES string of the molecule is Cc1cc2[nH]cc(-c3coc(N)n3)c2cc1OCc1ccccc1. The molecule has 2 heterocycles. The zero-order chi connectivity index (χ0) is 16.5. The van der Waals surface area contributed by atoms with Crippen molar-refractivity contribution < 1.29 is 9.15 Å². The standard InChI is InChI=1S/C19H17N3O2/c1-12-7-16-14(15(9-21-16)17-11-24-19(20)22-17)8-18(12)23-10-13-5-3-2-4-6-13/h2-9,11,21H,10H2,1H3,(H2,20,22). The van der Waals surface area contributed by atoms with Gasteiger partial charge in [0.2, 0.25) is 0 Å². The van der Waals surface area contributed by atoms with Crippen LogP contribution in [0.5, 0.6) is 5.75 Å². The zero-order valence-corrected chi connectivity index (χ0v) is 13.2. The predicted octanol–water partition coefficient (Wildman–Crippen LogP) is 4.29. The maximum atomic E-state index is 6.01. The first kappa shape index (κ1) is 14.4.